The summed E-state index contributed by atoms with van der Waals surface area (Å²) in [6.45, 7) is 5.51. The molecule has 0 amide bonds. The van der Waals surface area contributed by atoms with Gasteiger partial charge in [0.1, 0.15) is 11.0 Å². The Bertz CT molecular complexity index is 698. The molecule has 1 unspecified atom stereocenters. The van der Waals surface area contributed by atoms with E-state index >= 15 is 0 Å². The second kappa shape index (κ2) is 8.46. The molecule has 1 aliphatic heterocycles. The first-order chi connectivity index (χ1) is 12.8. The van der Waals surface area contributed by atoms with Gasteiger partial charge in [-0.15, -0.1) is 0 Å². The third kappa shape index (κ3) is 4.08. The van der Waals surface area contributed by atoms with Gasteiger partial charge in [-0.2, -0.15) is 0 Å². The third-order valence-electron chi connectivity index (χ3n) is 6.13. The summed E-state index contributed by atoms with van der Waals surface area (Å²) in [5, 5.41) is 17.6. The Hall–Kier alpha value is -1.50. The van der Waals surface area contributed by atoms with Crippen molar-refractivity contribution in [2.24, 2.45) is 5.92 Å². The lowest BCUT2D eigenvalue weighted by atomic mass is 9.88. The van der Waals surface area contributed by atoms with Crippen molar-refractivity contribution in [3.05, 3.63) is 23.8 Å². The molecule has 1 saturated carbocycles. The summed E-state index contributed by atoms with van der Waals surface area (Å²) in [6.07, 6.45) is 7.82. The van der Waals surface area contributed by atoms with Crippen LogP contribution in [-0.2, 0) is 6.54 Å². The Kier molecular flexibility index (Phi) is 5.82. The molecule has 2 heterocycles. The van der Waals surface area contributed by atoms with E-state index in [1.165, 1.54) is 44.2 Å². The number of rotatable bonds is 6. The highest BCUT2D eigenvalue weighted by Crippen LogP contribution is 2.27. The molecule has 6 nitrogen and oxygen atoms in total. The van der Waals surface area contributed by atoms with Gasteiger partial charge in [-0.3, -0.25) is 9.80 Å². The summed E-state index contributed by atoms with van der Waals surface area (Å²) in [5.74, 6) is 0.853. The van der Waals surface area contributed by atoms with E-state index in [9.17, 15) is 5.11 Å². The van der Waals surface area contributed by atoms with Gasteiger partial charge in [0.25, 0.3) is 0 Å². The van der Waals surface area contributed by atoms with E-state index in [-0.39, 0.29) is 6.61 Å². The number of aliphatic hydroxyl groups excluding tert-OH is 1. The third-order valence-corrected chi connectivity index (χ3v) is 6.13. The number of hydrogen-bond donors (Lipinski definition) is 1. The van der Waals surface area contributed by atoms with Crippen LogP contribution in [0.5, 0.6) is 0 Å². The molecule has 1 N–H and O–H groups in total. The lowest BCUT2D eigenvalue weighted by molar-refractivity contribution is 0.0402. The zero-order chi connectivity index (χ0) is 17.8. The van der Waals surface area contributed by atoms with E-state index in [0.29, 0.717) is 6.04 Å². The van der Waals surface area contributed by atoms with E-state index in [1.807, 2.05) is 12.1 Å². The number of fused-ring (bicyclic) bond motifs is 1. The van der Waals surface area contributed by atoms with Gasteiger partial charge < -0.3 is 5.11 Å². The highest BCUT2D eigenvalue weighted by atomic mass is 16.6. The highest BCUT2D eigenvalue weighted by molar-refractivity contribution is 5.76. The zero-order valence-corrected chi connectivity index (χ0v) is 15.5. The van der Waals surface area contributed by atoms with Crippen molar-refractivity contribution < 1.29 is 9.74 Å². The SMILES string of the molecule is OCCC1CN(Cc2cccc3nonc23)CCN1CC1CCCCC1. The summed E-state index contributed by atoms with van der Waals surface area (Å²) in [7, 11) is 0. The van der Waals surface area contributed by atoms with Crippen LogP contribution in [0.2, 0.25) is 0 Å². The Morgan fingerprint density at radius 2 is 2.00 bits per heavy atom. The fourth-order valence-electron chi connectivity index (χ4n) is 4.70. The molecule has 1 saturated heterocycles. The molecule has 1 aromatic carbocycles. The molecule has 2 aromatic rings. The number of piperazine rings is 1. The topological polar surface area (TPSA) is 65.6 Å². The van der Waals surface area contributed by atoms with Crippen LogP contribution in [0.3, 0.4) is 0 Å². The summed E-state index contributed by atoms with van der Waals surface area (Å²) >= 11 is 0. The van der Waals surface area contributed by atoms with Crippen LogP contribution in [0.4, 0.5) is 0 Å². The van der Waals surface area contributed by atoms with Crippen molar-refractivity contribution in [3.63, 3.8) is 0 Å². The van der Waals surface area contributed by atoms with Crippen molar-refractivity contribution in [1.29, 1.82) is 0 Å². The van der Waals surface area contributed by atoms with E-state index in [2.05, 4.69) is 26.2 Å². The molecule has 26 heavy (non-hydrogen) atoms. The predicted molar refractivity (Wildman–Crippen MR) is 101 cm³/mol. The molecule has 1 aliphatic carbocycles. The van der Waals surface area contributed by atoms with E-state index in [1.54, 1.807) is 0 Å². The Morgan fingerprint density at radius 1 is 1.12 bits per heavy atom. The number of benzene rings is 1. The first-order valence-electron chi connectivity index (χ1n) is 10.1. The van der Waals surface area contributed by atoms with Crippen LogP contribution in [-0.4, -0.2) is 64.0 Å². The van der Waals surface area contributed by atoms with Crippen molar-refractivity contribution in [3.8, 4) is 0 Å². The average Bonchev–Trinajstić information content (AvgIpc) is 3.15. The van der Waals surface area contributed by atoms with Crippen LogP contribution in [0, 0.1) is 5.92 Å². The summed E-state index contributed by atoms with van der Waals surface area (Å²) < 4.78 is 4.90. The fourth-order valence-corrected chi connectivity index (χ4v) is 4.70. The van der Waals surface area contributed by atoms with Crippen LogP contribution in [0.25, 0.3) is 11.0 Å². The first-order valence-corrected chi connectivity index (χ1v) is 10.1. The van der Waals surface area contributed by atoms with Gasteiger partial charge in [0, 0.05) is 45.4 Å². The van der Waals surface area contributed by atoms with E-state index in [0.717, 1.165) is 49.6 Å². The molecule has 142 valence electrons. The second-order valence-corrected chi connectivity index (χ2v) is 7.95. The van der Waals surface area contributed by atoms with Crippen molar-refractivity contribution in [1.82, 2.24) is 20.1 Å². The van der Waals surface area contributed by atoms with Crippen molar-refractivity contribution in [2.75, 3.05) is 32.8 Å². The molecule has 6 heteroatoms. The van der Waals surface area contributed by atoms with Gasteiger partial charge in [-0.1, -0.05) is 31.4 Å². The maximum Gasteiger partial charge on any atom is 0.139 e. The van der Waals surface area contributed by atoms with Crippen molar-refractivity contribution in [2.45, 2.75) is 51.1 Å². The molecule has 2 aliphatic rings. The lowest BCUT2D eigenvalue weighted by Gasteiger charge is -2.43. The van der Waals surface area contributed by atoms with Crippen LogP contribution < -0.4 is 0 Å². The Labute approximate surface area is 155 Å². The van der Waals surface area contributed by atoms with Gasteiger partial charge in [0.15, 0.2) is 0 Å². The number of aliphatic hydroxyl groups is 1. The minimum Gasteiger partial charge on any atom is -0.396 e. The maximum absolute atomic E-state index is 9.56. The number of hydrogen-bond acceptors (Lipinski definition) is 6. The Morgan fingerprint density at radius 3 is 2.85 bits per heavy atom. The number of aromatic nitrogens is 2. The molecule has 0 spiro atoms. The minimum atomic E-state index is 0.266. The van der Waals surface area contributed by atoms with Crippen molar-refractivity contribution >= 4 is 11.0 Å². The molecular weight excluding hydrogens is 328 g/mol. The molecule has 1 atom stereocenters. The number of nitrogens with zero attached hydrogens (tertiary/aromatic N) is 4. The standard InChI is InChI=1S/C20H30N4O2/c25-12-9-18-15-23(10-11-24(18)13-16-5-2-1-3-6-16)14-17-7-4-8-19-20(17)22-26-21-19/h4,7-8,16,18,25H,1-3,5-6,9-15H2. The van der Waals surface area contributed by atoms with Gasteiger partial charge in [-0.25, -0.2) is 4.63 Å². The summed E-state index contributed by atoms with van der Waals surface area (Å²) in [6, 6.07) is 6.52. The van der Waals surface area contributed by atoms with Crippen LogP contribution in [0.1, 0.15) is 44.1 Å². The van der Waals surface area contributed by atoms with E-state index in [4.69, 9.17) is 4.63 Å². The van der Waals surface area contributed by atoms with Crippen LogP contribution >= 0.6 is 0 Å². The largest absolute Gasteiger partial charge is 0.396 e. The molecule has 4 rings (SSSR count). The predicted octanol–water partition coefficient (Wildman–Crippen LogP) is 2.67. The quantitative estimate of drug-likeness (QED) is 0.856. The van der Waals surface area contributed by atoms with Gasteiger partial charge >= 0.3 is 0 Å². The highest BCUT2D eigenvalue weighted by Gasteiger charge is 2.29. The molecule has 0 bridgehead atoms. The zero-order valence-electron chi connectivity index (χ0n) is 15.5. The first kappa shape index (κ1) is 17.9. The minimum absolute atomic E-state index is 0.266. The van der Waals surface area contributed by atoms with Crippen LogP contribution in [0.15, 0.2) is 22.8 Å². The van der Waals surface area contributed by atoms with Gasteiger partial charge in [0.2, 0.25) is 0 Å². The normalized spacial score (nSPS) is 23.7. The molecule has 0 radical (unpaired) electrons. The summed E-state index contributed by atoms with van der Waals surface area (Å²) in [5.41, 5.74) is 2.87. The lowest BCUT2D eigenvalue weighted by Crippen LogP contribution is -2.54. The molecular formula is C20H30N4O2. The second-order valence-electron chi connectivity index (χ2n) is 7.95. The van der Waals surface area contributed by atoms with Gasteiger partial charge in [0.05, 0.1) is 0 Å². The molecule has 2 fully saturated rings. The van der Waals surface area contributed by atoms with Gasteiger partial charge in [-0.05, 0) is 47.1 Å². The van der Waals surface area contributed by atoms with E-state index < -0.39 is 0 Å². The average molecular weight is 358 g/mol. The maximum atomic E-state index is 9.56. The Balaban J connectivity index is 1.39. The monoisotopic (exact) mass is 358 g/mol. The molecule has 1 aromatic heterocycles. The fraction of sp³-hybridized carbons (Fsp3) is 0.700. The smallest absolute Gasteiger partial charge is 0.139 e. The summed E-state index contributed by atoms with van der Waals surface area (Å²) in [4.78, 5) is 5.13.